The fourth-order valence-corrected chi connectivity index (χ4v) is 1.64. The number of nitrogens with one attached hydrogen (secondary N) is 1. The molecular formula is C12H16FNO2. The van der Waals surface area contributed by atoms with Crippen molar-refractivity contribution >= 4 is 5.97 Å². The van der Waals surface area contributed by atoms with E-state index in [4.69, 9.17) is 0 Å². The predicted molar refractivity (Wildman–Crippen MR) is 59.9 cm³/mol. The summed E-state index contributed by atoms with van der Waals surface area (Å²) in [4.78, 5) is 11.3. The van der Waals surface area contributed by atoms with Crippen LogP contribution in [0.25, 0.3) is 0 Å². The van der Waals surface area contributed by atoms with E-state index in [9.17, 15) is 14.3 Å². The van der Waals surface area contributed by atoms with Crippen molar-refractivity contribution in [2.75, 3.05) is 13.6 Å². The van der Waals surface area contributed by atoms with Gasteiger partial charge in [-0.2, -0.15) is 0 Å². The number of carbonyl (C=O) groups is 1. The third kappa shape index (κ3) is 2.39. The van der Waals surface area contributed by atoms with Gasteiger partial charge in [0.2, 0.25) is 0 Å². The van der Waals surface area contributed by atoms with Crippen LogP contribution in [0.3, 0.4) is 0 Å². The minimum atomic E-state index is -1.19. The molecule has 0 aliphatic heterocycles. The lowest BCUT2D eigenvalue weighted by Gasteiger charge is -2.25. The highest BCUT2D eigenvalue weighted by Crippen LogP contribution is 2.29. The molecule has 0 spiro atoms. The van der Waals surface area contributed by atoms with Crippen LogP contribution >= 0.6 is 0 Å². The zero-order valence-electron chi connectivity index (χ0n) is 9.46. The molecule has 0 saturated heterocycles. The number of hydrogen-bond acceptors (Lipinski definition) is 2. The summed E-state index contributed by atoms with van der Waals surface area (Å²) < 4.78 is 13.6. The Kier molecular flexibility index (Phi) is 4.01. The van der Waals surface area contributed by atoms with E-state index in [-0.39, 0.29) is 5.56 Å². The van der Waals surface area contributed by atoms with Gasteiger partial charge < -0.3 is 10.4 Å². The highest BCUT2D eigenvalue weighted by Gasteiger charge is 2.36. The van der Waals surface area contributed by atoms with Crippen LogP contribution in [0.2, 0.25) is 0 Å². The van der Waals surface area contributed by atoms with Gasteiger partial charge in [-0.3, -0.25) is 4.79 Å². The average Bonchev–Trinajstić information content (AvgIpc) is 2.26. The van der Waals surface area contributed by atoms with E-state index in [1.54, 1.807) is 26.1 Å². The lowest BCUT2D eigenvalue weighted by atomic mass is 9.79. The number of halogens is 1. The summed E-state index contributed by atoms with van der Waals surface area (Å²) in [6, 6.07) is 6.02. The zero-order valence-corrected chi connectivity index (χ0v) is 9.46. The van der Waals surface area contributed by atoms with E-state index in [0.29, 0.717) is 13.0 Å². The van der Waals surface area contributed by atoms with Crippen LogP contribution in [0.1, 0.15) is 18.9 Å². The molecule has 0 aromatic heterocycles. The largest absolute Gasteiger partial charge is 0.481 e. The molecule has 1 atom stereocenters. The maximum absolute atomic E-state index is 13.6. The summed E-state index contributed by atoms with van der Waals surface area (Å²) in [5, 5.41) is 12.1. The molecular weight excluding hydrogens is 209 g/mol. The Labute approximate surface area is 94.3 Å². The van der Waals surface area contributed by atoms with Crippen LogP contribution in [0.4, 0.5) is 4.39 Å². The van der Waals surface area contributed by atoms with Crippen molar-refractivity contribution in [3.05, 3.63) is 35.6 Å². The molecule has 1 rings (SSSR count). The van der Waals surface area contributed by atoms with Crippen LogP contribution in [0.15, 0.2) is 24.3 Å². The third-order valence-electron chi connectivity index (χ3n) is 2.82. The quantitative estimate of drug-likeness (QED) is 0.803. The fourth-order valence-electron chi connectivity index (χ4n) is 1.64. The van der Waals surface area contributed by atoms with Crippen molar-refractivity contribution in [3.63, 3.8) is 0 Å². The normalized spacial score (nSPS) is 14.4. The Hall–Kier alpha value is -1.42. The molecule has 0 aliphatic rings. The van der Waals surface area contributed by atoms with Gasteiger partial charge in [0, 0.05) is 5.56 Å². The molecule has 1 unspecified atom stereocenters. The molecule has 0 saturated carbocycles. The summed E-state index contributed by atoms with van der Waals surface area (Å²) in [5.74, 6) is -1.48. The summed E-state index contributed by atoms with van der Waals surface area (Å²) >= 11 is 0. The van der Waals surface area contributed by atoms with Crippen molar-refractivity contribution in [2.24, 2.45) is 0 Å². The van der Waals surface area contributed by atoms with Gasteiger partial charge in [0.25, 0.3) is 0 Å². The zero-order chi connectivity index (χ0) is 12.2. The second-order valence-corrected chi connectivity index (χ2v) is 3.97. The summed E-state index contributed by atoms with van der Waals surface area (Å²) in [7, 11) is 1.74. The van der Waals surface area contributed by atoms with E-state index in [1.807, 2.05) is 0 Å². The number of rotatable bonds is 5. The van der Waals surface area contributed by atoms with Crippen LogP contribution in [0.5, 0.6) is 0 Å². The molecule has 3 nitrogen and oxygen atoms in total. The number of carboxylic acids is 1. The van der Waals surface area contributed by atoms with E-state index in [2.05, 4.69) is 5.32 Å². The smallest absolute Gasteiger partial charge is 0.313 e. The highest BCUT2D eigenvalue weighted by atomic mass is 19.1. The second kappa shape index (κ2) is 5.07. The maximum atomic E-state index is 13.6. The van der Waals surface area contributed by atoms with Gasteiger partial charge in [-0.05, 0) is 33.0 Å². The van der Waals surface area contributed by atoms with Crippen molar-refractivity contribution < 1.29 is 14.3 Å². The Bertz CT molecular complexity index is 381. The van der Waals surface area contributed by atoms with Crippen LogP contribution in [-0.4, -0.2) is 24.7 Å². The lowest BCUT2D eigenvalue weighted by Crippen LogP contribution is -2.36. The van der Waals surface area contributed by atoms with Crippen LogP contribution in [0, 0.1) is 5.82 Å². The SMILES string of the molecule is CNCCC(C)(C(=O)O)c1ccccc1F. The topological polar surface area (TPSA) is 49.3 Å². The second-order valence-electron chi connectivity index (χ2n) is 3.97. The first-order valence-electron chi connectivity index (χ1n) is 5.15. The average molecular weight is 225 g/mol. The number of benzene rings is 1. The first kappa shape index (κ1) is 12.6. The molecule has 0 bridgehead atoms. The van der Waals surface area contributed by atoms with Crippen LogP contribution in [-0.2, 0) is 10.2 Å². The number of carboxylic acid groups (broad SMARTS) is 1. The van der Waals surface area contributed by atoms with Gasteiger partial charge in [-0.15, -0.1) is 0 Å². The number of hydrogen-bond donors (Lipinski definition) is 2. The molecule has 0 radical (unpaired) electrons. The first-order chi connectivity index (χ1) is 7.52. The van der Waals surface area contributed by atoms with Crippen molar-refractivity contribution in [2.45, 2.75) is 18.8 Å². The molecule has 16 heavy (non-hydrogen) atoms. The van der Waals surface area contributed by atoms with Crippen molar-refractivity contribution in [1.29, 1.82) is 0 Å². The Balaban J connectivity index is 3.11. The maximum Gasteiger partial charge on any atom is 0.313 e. The Morgan fingerprint density at radius 3 is 2.62 bits per heavy atom. The molecule has 0 heterocycles. The van der Waals surface area contributed by atoms with Gasteiger partial charge in [0.15, 0.2) is 0 Å². The lowest BCUT2D eigenvalue weighted by molar-refractivity contribution is -0.143. The monoisotopic (exact) mass is 225 g/mol. The minimum absolute atomic E-state index is 0.234. The molecule has 1 aromatic rings. The molecule has 0 aliphatic carbocycles. The minimum Gasteiger partial charge on any atom is -0.481 e. The van der Waals surface area contributed by atoms with E-state index < -0.39 is 17.2 Å². The third-order valence-corrected chi connectivity index (χ3v) is 2.82. The molecule has 88 valence electrons. The van der Waals surface area contributed by atoms with Gasteiger partial charge >= 0.3 is 5.97 Å². The Morgan fingerprint density at radius 2 is 2.12 bits per heavy atom. The van der Waals surface area contributed by atoms with Gasteiger partial charge in [-0.1, -0.05) is 18.2 Å². The summed E-state index contributed by atoms with van der Waals surface area (Å²) in [5.41, 5.74) is -0.952. The molecule has 2 N–H and O–H groups in total. The summed E-state index contributed by atoms with van der Waals surface area (Å²) in [6.07, 6.45) is 0.347. The first-order valence-corrected chi connectivity index (χ1v) is 5.15. The van der Waals surface area contributed by atoms with Gasteiger partial charge in [-0.25, -0.2) is 4.39 Å². The molecule has 0 fully saturated rings. The Morgan fingerprint density at radius 1 is 1.50 bits per heavy atom. The van der Waals surface area contributed by atoms with Gasteiger partial charge in [0.1, 0.15) is 5.82 Å². The number of aliphatic carboxylic acids is 1. The fraction of sp³-hybridized carbons (Fsp3) is 0.417. The highest BCUT2D eigenvalue weighted by molar-refractivity contribution is 5.80. The van der Waals surface area contributed by atoms with Crippen molar-refractivity contribution in [1.82, 2.24) is 5.32 Å². The summed E-state index contributed by atoms with van der Waals surface area (Å²) in [6.45, 7) is 2.07. The van der Waals surface area contributed by atoms with E-state index in [0.717, 1.165) is 0 Å². The molecule has 4 heteroatoms. The molecule has 1 aromatic carbocycles. The van der Waals surface area contributed by atoms with Gasteiger partial charge in [0.05, 0.1) is 5.41 Å². The molecule has 0 amide bonds. The predicted octanol–water partition coefficient (Wildman–Crippen LogP) is 1.78. The standard InChI is InChI=1S/C12H16FNO2/c1-12(11(15)16,7-8-14-2)9-5-3-4-6-10(9)13/h3-6,14H,7-8H2,1-2H3,(H,15,16). The van der Waals surface area contributed by atoms with Crippen LogP contribution < -0.4 is 5.32 Å². The van der Waals surface area contributed by atoms with Crippen molar-refractivity contribution in [3.8, 4) is 0 Å². The van der Waals surface area contributed by atoms with E-state index in [1.165, 1.54) is 12.1 Å². The van der Waals surface area contributed by atoms with E-state index >= 15 is 0 Å².